The number of nitrogens with one attached hydrogen (secondary N) is 1. The average Bonchev–Trinajstić information content (AvgIpc) is 2.42. The van der Waals surface area contributed by atoms with Crippen LogP contribution < -0.4 is 5.32 Å². The molecule has 0 aromatic heterocycles. The van der Waals surface area contributed by atoms with Crippen LogP contribution in [0.1, 0.15) is 50.8 Å². The van der Waals surface area contributed by atoms with Gasteiger partial charge in [0, 0.05) is 6.61 Å². The minimum absolute atomic E-state index is 0.0711. The second-order valence-electron chi connectivity index (χ2n) is 4.94. The Hall–Kier alpha value is -0.930. The van der Waals surface area contributed by atoms with Crippen LogP contribution in [0.25, 0.3) is 0 Å². The largest absolute Gasteiger partial charge is 0.373 e. The molecule has 2 nitrogen and oxygen atoms in total. The van der Waals surface area contributed by atoms with Gasteiger partial charge in [-0.2, -0.15) is 0 Å². The Bertz CT molecular complexity index is 402. The molecule has 0 heterocycles. The fourth-order valence-electron chi connectivity index (χ4n) is 2.81. The van der Waals surface area contributed by atoms with E-state index in [1.165, 1.54) is 6.07 Å². The minimum Gasteiger partial charge on any atom is -0.373 e. The fraction of sp³-hybridized carbons (Fsp3) is 0.625. The summed E-state index contributed by atoms with van der Waals surface area (Å²) in [6.07, 6.45) is 1.83. The Morgan fingerprint density at radius 1 is 1.26 bits per heavy atom. The molecular weight excluding hydrogens is 241 g/mol. The number of likely N-dealkylation sites (N-methyl/N-ethyl adjacent to an activating group) is 1. The standard InChI is InChI=1S/C16H26FNO/c1-6-16(7-2,19-8-3)15(18-5)13-9-10-14(17)12(4)11-13/h9-11,15,18H,6-8H2,1-5H3. The van der Waals surface area contributed by atoms with Crippen molar-refractivity contribution in [1.29, 1.82) is 0 Å². The van der Waals surface area contributed by atoms with E-state index >= 15 is 0 Å². The third-order valence-electron chi connectivity index (χ3n) is 3.96. The first-order valence-corrected chi connectivity index (χ1v) is 7.11. The maximum absolute atomic E-state index is 13.4. The second kappa shape index (κ2) is 7.01. The molecule has 0 spiro atoms. The van der Waals surface area contributed by atoms with Gasteiger partial charge in [-0.1, -0.05) is 26.0 Å². The lowest BCUT2D eigenvalue weighted by Gasteiger charge is -2.39. The fourth-order valence-corrected chi connectivity index (χ4v) is 2.81. The van der Waals surface area contributed by atoms with Crippen molar-refractivity contribution >= 4 is 0 Å². The molecule has 1 rings (SSSR count). The van der Waals surface area contributed by atoms with Gasteiger partial charge < -0.3 is 10.1 Å². The van der Waals surface area contributed by atoms with Gasteiger partial charge in [0.25, 0.3) is 0 Å². The highest BCUT2D eigenvalue weighted by Crippen LogP contribution is 2.35. The molecule has 19 heavy (non-hydrogen) atoms. The van der Waals surface area contributed by atoms with E-state index in [1.807, 2.05) is 26.1 Å². The molecule has 3 heteroatoms. The van der Waals surface area contributed by atoms with Crippen molar-refractivity contribution in [1.82, 2.24) is 5.32 Å². The SMILES string of the molecule is CCOC(CC)(CC)C(NC)c1ccc(F)c(C)c1. The highest BCUT2D eigenvalue weighted by Gasteiger charge is 2.36. The molecule has 0 radical (unpaired) electrons. The summed E-state index contributed by atoms with van der Waals surface area (Å²) in [4.78, 5) is 0. The van der Waals surface area contributed by atoms with Gasteiger partial charge in [-0.25, -0.2) is 4.39 Å². The van der Waals surface area contributed by atoms with E-state index in [-0.39, 0.29) is 17.5 Å². The summed E-state index contributed by atoms with van der Waals surface area (Å²) in [5.74, 6) is -0.159. The summed E-state index contributed by atoms with van der Waals surface area (Å²) in [6.45, 7) is 8.77. The van der Waals surface area contributed by atoms with Gasteiger partial charge >= 0.3 is 0 Å². The molecule has 1 N–H and O–H groups in total. The maximum atomic E-state index is 13.4. The predicted octanol–water partition coefficient (Wildman–Crippen LogP) is 3.99. The van der Waals surface area contributed by atoms with Crippen LogP contribution in [0.4, 0.5) is 4.39 Å². The van der Waals surface area contributed by atoms with Gasteiger partial charge in [-0.3, -0.25) is 0 Å². The molecule has 1 atom stereocenters. The van der Waals surface area contributed by atoms with Gasteiger partial charge in [0.15, 0.2) is 0 Å². The van der Waals surface area contributed by atoms with E-state index in [9.17, 15) is 4.39 Å². The van der Waals surface area contributed by atoms with Crippen molar-refractivity contribution in [3.8, 4) is 0 Å². The molecule has 0 saturated carbocycles. The van der Waals surface area contributed by atoms with E-state index in [0.717, 1.165) is 18.4 Å². The summed E-state index contributed by atoms with van der Waals surface area (Å²) in [7, 11) is 1.93. The maximum Gasteiger partial charge on any atom is 0.126 e. The predicted molar refractivity (Wildman–Crippen MR) is 77.9 cm³/mol. The lowest BCUT2D eigenvalue weighted by atomic mass is 9.83. The highest BCUT2D eigenvalue weighted by molar-refractivity contribution is 5.28. The lowest BCUT2D eigenvalue weighted by Crippen LogP contribution is -2.44. The van der Waals surface area contributed by atoms with E-state index in [1.54, 1.807) is 6.92 Å². The molecule has 0 aliphatic rings. The van der Waals surface area contributed by atoms with Crippen molar-refractivity contribution in [3.05, 3.63) is 35.1 Å². The Balaban J connectivity index is 3.18. The summed E-state index contributed by atoms with van der Waals surface area (Å²) in [5, 5.41) is 3.35. The Labute approximate surface area is 116 Å². The molecule has 0 fully saturated rings. The zero-order valence-corrected chi connectivity index (χ0v) is 12.7. The molecule has 1 aromatic carbocycles. The minimum atomic E-state index is -0.242. The van der Waals surface area contributed by atoms with Crippen molar-refractivity contribution in [2.45, 2.75) is 52.2 Å². The molecule has 0 aliphatic heterocycles. The van der Waals surface area contributed by atoms with Crippen LogP contribution in [0.3, 0.4) is 0 Å². The average molecular weight is 267 g/mol. The summed E-state index contributed by atoms with van der Waals surface area (Å²) >= 11 is 0. The van der Waals surface area contributed by atoms with Gasteiger partial charge in [0.2, 0.25) is 0 Å². The number of hydrogen-bond acceptors (Lipinski definition) is 2. The van der Waals surface area contributed by atoms with Gasteiger partial charge in [-0.15, -0.1) is 0 Å². The van der Waals surface area contributed by atoms with Crippen LogP contribution in [0.5, 0.6) is 0 Å². The first-order chi connectivity index (χ1) is 9.04. The zero-order valence-electron chi connectivity index (χ0n) is 12.7. The first-order valence-electron chi connectivity index (χ1n) is 7.11. The lowest BCUT2D eigenvalue weighted by molar-refractivity contribution is -0.0718. The van der Waals surface area contributed by atoms with Crippen molar-refractivity contribution in [3.63, 3.8) is 0 Å². The zero-order chi connectivity index (χ0) is 14.5. The second-order valence-corrected chi connectivity index (χ2v) is 4.94. The van der Waals surface area contributed by atoms with E-state index in [4.69, 9.17) is 4.74 Å². The number of hydrogen-bond donors (Lipinski definition) is 1. The van der Waals surface area contributed by atoms with E-state index < -0.39 is 0 Å². The molecule has 0 saturated heterocycles. The van der Waals surface area contributed by atoms with Crippen LogP contribution in [0.15, 0.2) is 18.2 Å². The molecule has 1 aromatic rings. The summed E-state index contributed by atoms with van der Waals surface area (Å²) in [6, 6.07) is 5.37. The molecule has 0 amide bonds. The Morgan fingerprint density at radius 2 is 1.89 bits per heavy atom. The van der Waals surface area contributed by atoms with E-state index in [0.29, 0.717) is 12.2 Å². The summed E-state index contributed by atoms with van der Waals surface area (Å²) in [5.41, 5.74) is 1.52. The Kier molecular flexibility index (Phi) is 5.95. The van der Waals surface area contributed by atoms with Crippen molar-refractivity contribution in [2.24, 2.45) is 0 Å². The van der Waals surface area contributed by atoms with Crippen LogP contribution in [0, 0.1) is 12.7 Å². The van der Waals surface area contributed by atoms with Crippen LogP contribution in [0.2, 0.25) is 0 Å². The Morgan fingerprint density at radius 3 is 2.32 bits per heavy atom. The number of aryl methyl sites for hydroxylation is 1. The molecule has 0 aliphatic carbocycles. The topological polar surface area (TPSA) is 21.3 Å². The third-order valence-corrected chi connectivity index (χ3v) is 3.96. The number of ether oxygens (including phenoxy) is 1. The van der Waals surface area contributed by atoms with Gasteiger partial charge in [0.05, 0.1) is 11.6 Å². The van der Waals surface area contributed by atoms with Crippen LogP contribution in [-0.4, -0.2) is 19.3 Å². The molecule has 0 bridgehead atoms. The van der Waals surface area contributed by atoms with Gasteiger partial charge in [-0.05, 0) is 50.9 Å². The van der Waals surface area contributed by atoms with Crippen molar-refractivity contribution in [2.75, 3.05) is 13.7 Å². The summed E-state index contributed by atoms with van der Waals surface area (Å²) < 4.78 is 19.5. The first kappa shape index (κ1) is 16.1. The van der Waals surface area contributed by atoms with Gasteiger partial charge in [0.1, 0.15) is 5.82 Å². The number of benzene rings is 1. The molecule has 1 unspecified atom stereocenters. The van der Waals surface area contributed by atoms with Crippen molar-refractivity contribution < 1.29 is 9.13 Å². The molecule has 108 valence electrons. The number of halogens is 1. The third kappa shape index (κ3) is 3.34. The van der Waals surface area contributed by atoms with E-state index in [2.05, 4.69) is 19.2 Å². The van der Waals surface area contributed by atoms with Crippen LogP contribution >= 0.6 is 0 Å². The quantitative estimate of drug-likeness (QED) is 0.806. The monoisotopic (exact) mass is 267 g/mol. The number of rotatable bonds is 7. The molecular formula is C16H26FNO. The van der Waals surface area contributed by atoms with Crippen LogP contribution in [-0.2, 0) is 4.74 Å². The highest BCUT2D eigenvalue weighted by atomic mass is 19.1. The smallest absolute Gasteiger partial charge is 0.126 e. The normalized spacial score (nSPS) is 13.6.